The second-order valence-electron chi connectivity index (χ2n) is 5.40. The predicted octanol–water partition coefficient (Wildman–Crippen LogP) is 4.39. The highest BCUT2D eigenvalue weighted by atomic mass is 16.4. The molecule has 0 fully saturated rings. The average Bonchev–Trinajstić information content (AvgIpc) is 2.34. The minimum atomic E-state index is -0.856. The SMILES string of the molecule is CC(=CC(=O)O)CCCCCCCCCCCC(=O)O. The molecule has 4 heteroatoms. The Balaban J connectivity index is 3.21. The molecule has 0 aliphatic heterocycles. The first kappa shape index (κ1) is 18.7. The van der Waals surface area contributed by atoms with Crippen LogP contribution in [0, 0.1) is 0 Å². The fraction of sp³-hybridized carbons (Fsp3) is 0.750. The summed E-state index contributed by atoms with van der Waals surface area (Å²) in [5.41, 5.74) is 0.941. The molecule has 0 bridgehead atoms. The molecule has 0 aromatic heterocycles. The molecule has 0 spiro atoms. The van der Waals surface area contributed by atoms with Crippen LogP contribution in [0.25, 0.3) is 0 Å². The Morgan fingerprint density at radius 2 is 1.15 bits per heavy atom. The van der Waals surface area contributed by atoms with E-state index >= 15 is 0 Å². The minimum absolute atomic E-state index is 0.295. The molecule has 0 aromatic carbocycles. The molecule has 0 atom stereocenters. The molecule has 0 aliphatic rings. The highest BCUT2D eigenvalue weighted by molar-refractivity contribution is 5.80. The highest BCUT2D eigenvalue weighted by Crippen LogP contribution is 2.13. The van der Waals surface area contributed by atoms with E-state index in [1.54, 1.807) is 0 Å². The van der Waals surface area contributed by atoms with Crippen LogP contribution in [0.1, 0.15) is 77.6 Å². The molecule has 0 radical (unpaired) electrons. The number of carboxylic acid groups (broad SMARTS) is 2. The molecule has 0 aromatic rings. The second-order valence-corrected chi connectivity index (χ2v) is 5.40. The highest BCUT2D eigenvalue weighted by Gasteiger charge is 1.97. The molecule has 0 unspecified atom stereocenters. The first-order valence-corrected chi connectivity index (χ1v) is 7.64. The van der Waals surface area contributed by atoms with Crippen LogP contribution < -0.4 is 0 Å². The van der Waals surface area contributed by atoms with Crippen molar-refractivity contribution < 1.29 is 19.8 Å². The van der Waals surface area contributed by atoms with Crippen molar-refractivity contribution in [2.45, 2.75) is 77.6 Å². The molecule has 0 rings (SSSR count). The van der Waals surface area contributed by atoms with Crippen molar-refractivity contribution >= 4 is 11.9 Å². The van der Waals surface area contributed by atoms with Crippen LogP contribution in [-0.4, -0.2) is 22.2 Å². The van der Waals surface area contributed by atoms with E-state index in [2.05, 4.69) is 0 Å². The first-order valence-electron chi connectivity index (χ1n) is 7.64. The van der Waals surface area contributed by atoms with E-state index in [1.165, 1.54) is 31.8 Å². The normalized spacial score (nSPS) is 11.6. The van der Waals surface area contributed by atoms with Crippen LogP contribution in [0.3, 0.4) is 0 Å². The van der Waals surface area contributed by atoms with Crippen LogP contribution in [0.5, 0.6) is 0 Å². The number of aliphatic carboxylic acids is 2. The van der Waals surface area contributed by atoms with Gasteiger partial charge in [0.05, 0.1) is 0 Å². The fourth-order valence-corrected chi connectivity index (χ4v) is 2.20. The Bertz CT molecular complexity index is 308. The monoisotopic (exact) mass is 284 g/mol. The van der Waals surface area contributed by atoms with Gasteiger partial charge in [-0.25, -0.2) is 4.79 Å². The molecule has 0 heterocycles. The lowest BCUT2D eigenvalue weighted by molar-refractivity contribution is -0.137. The van der Waals surface area contributed by atoms with Crippen molar-refractivity contribution in [1.29, 1.82) is 0 Å². The molecule has 0 amide bonds. The van der Waals surface area contributed by atoms with E-state index in [9.17, 15) is 9.59 Å². The Morgan fingerprint density at radius 1 is 0.750 bits per heavy atom. The summed E-state index contributed by atoms with van der Waals surface area (Å²) >= 11 is 0. The summed E-state index contributed by atoms with van der Waals surface area (Å²) in [4.78, 5) is 20.7. The number of hydrogen-bond acceptors (Lipinski definition) is 2. The lowest BCUT2D eigenvalue weighted by Crippen LogP contribution is -1.93. The smallest absolute Gasteiger partial charge is 0.328 e. The van der Waals surface area contributed by atoms with E-state index in [1.807, 2.05) is 6.92 Å². The number of hydrogen-bond donors (Lipinski definition) is 2. The topological polar surface area (TPSA) is 74.6 Å². The predicted molar refractivity (Wildman–Crippen MR) is 79.8 cm³/mol. The van der Waals surface area contributed by atoms with Crippen LogP contribution in [0.15, 0.2) is 11.6 Å². The third-order valence-electron chi connectivity index (χ3n) is 3.33. The molecule has 0 saturated carbocycles. The Morgan fingerprint density at radius 3 is 1.55 bits per heavy atom. The number of rotatable bonds is 13. The number of allylic oxidation sites excluding steroid dienone is 1. The van der Waals surface area contributed by atoms with Gasteiger partial charge in [0.15, 0.2) is 0 Å². The minimum Gasteiger partial charge on any atom is -0.481 e. The van der Waals surface area contributed by atoms with E-state index < -0.39 is 11.9 Å². The van der Waals surface area contributed by atoms with Crippen LogP contribution >= 0.6 is 0 Å². The molecule has 4 nitrogen and oxygen atoms in total. The number of unbranched alkanes of at least 4 members (excludes halogenated alkanes) is 8. The van der Waals surface area contributed by atoms with Gasteiger partial charge in [-0.3, -0.25) is 4.79 Å². The Kier molecular flexibility index (Phi) is 11.9. The molecule has 116 valence electrons. The summed E-state index contributed by atoms with van der Waals surface area (Å²) in [5.74, 6) is -1.55. The van der Waals surface area contributed by atoms with Gasteiger partial charge in [0.25, 0.3) is 0 Å². The zero-order valence-electron chi connectivity index (χ0n) is 12.6. The number of carbonyl (C=O) groups is 2. The average molecular weight is 284 g/mol. The van der Waals surface area contributed by atoms with Crippen LogP contribution in [-0.2, 0) is 9.59 Å². The van der Waals surface area contributed by atoms with Gasteiger partial charge in [-0.2, -0.15) is 0 Å². The summed E-state index contributed by atoms with van der Waals surface area (Å²) in [7, 11) is 0. The third-order valence-corrected chi connectivity index (χ3v) is 3.33. The first-order chi connectivity index (χ1) is 9.52. The van der Waals surface area contributed by atoms with Crippen molar-refractivity contribution in [1.82, 2.24) is 0 Å². The maximum Gasteiger partial charge on any atom is 0.328 e. The summed E-state index contributed by atoms with van der Waals surface area (Å²) < 4.78 is 0. The zero-order valence-corrected chi connectivity index (χ0v) is 12.6. The van der Waals surface area contributed by atoms with Gasteiger partial charge in [-0.05, 0) is 26.2 Å². The summed E-state index contributed by atoms with van der Waals surface area (Å²) in [5, 5.41) is 17.1. The quantitative estimate of drug-likeness (QED) is 0.388. The van der Waals surface area contributed by atoms with Crippen molar-refractivity contribution in [2.75, 3.05) is 0 Å². The molecule has 0 aliphatic carbocycles. The number of carboxylic acids is 2. The molecular weight excluding hydrogens is 256 g/mol. The molecule has 20 heavy (non-hydrogen) atoms. The third kappa shape index (κ3) is 14.7. The molecule has 2 N–H and O–H groups in total. The fourth-order valence-electron chi connectivity index (χ4n) is 2.20. The lowest BCUT2D eigenvalue weighted by Gasteiger charge is -2.02. The van der Waals surface area contributed by atoms with Crippen molar-refractivity contribution in [2.24, 2.45) is 0 Å². The Hall–Kier alpha value is -1.32. The molecular formula is C16H28O4. The van der Waals surface area contributed by atoms with Crippen LogP contribution in [0.2, 0.25) is 0 Å². The molecule has 0 saturated heterocycles. The summed E-state index contributed by atoms with van der Waals surface area (Å²) in [6, 6.07) is 0. The summed E-state index contributed by atoms with van der Waals surface area (Å²) in [6.07, 6.45) is 12.5. The largest absolute Gasteiger partial charge is 0.481 e. The van der Waals surface area contributed by atoms with Gasteiger partial charge in [0, 0.05) is 12.5 Å². The van der Waals surface area contributed by atoms with Gasteiger partial charge in [-0.15, -0.1) is 0 Å². The van der Waals surface area contributed by atoms with E-state index in [0.717, 1.165) is 44.1 Å². The Labute approximate surface area is 121 Å². The maximum absolute atomic E-state index is 10.4. The second kappa shape index (κ2) is 12.7. The maximum atomic E-state index is 10.4. The van der Waals surface area contributed by atoms with Crippen LogP contribution in [0.4, 0.5) is 0 Å². The van der Waals surface area contributed by atoms with E-state index in [0.29, 0.717) is 6.42 Å². The van der Waals surface area contributed by atoms with Crippen molar-refractivity contribution in [3.63, 3.8) is 0 Å². The van der Waals surface area contributed by atoms with Gasteiger partial charge in [0.1, 0.15) is 0 Å². The van der Waals surface area contributed by atoms with Crippen molar-refractivity contribution in [3.05, 3.63) is 11.6 Å². The standard InChI is InChI=1S/C16H28O4/c1-14(13-16(19)20)11-9-7-5-3-2-4-6-8-10-12-15(17)18/h13H,2-12H2,1H3,(H,17,18)(H,19,20). The summed E-state index contributed by atoms with van der Waals surface area (Å²) in [6.45, 7) is 1.87. The van der Waals surface area contributed by atoms with Gasteiger partial charge < -0.3 is 10.2 Å². The van der Waals surface area contributed by atoms with Crippen molar-refractivity contribution in [3.8, 4) is 0 Å². The van der Waals surface area contributed by atoms with E-state index in [-0.39, 0.29) is 0 Å². The van der Waals surface area contributed by atoms with Gasteiger partial charge >= 0.3 is 11.9 Å². The van der Waals surface area contributed by atoms with Gasteiger partial charge in [-0.1, -0.05) is 50.5 Å². The lowest BCUT2D eigenvalue weighted by atomic mass is 10.0. The van der Waals surface area contributed by atoms with Gasteiger partial charge in [0.2, 0.25) is 0 Å². The van der Waals surface area contributed by atoms with E-state index in [4.69, 9.17) is 10.2 Å². The zero-order chi connectivity index (χ0) is 15.2.